The summed E-state index contributed by atoms with van der Waals surface area (Å²) in [6.45, 7) is 3.21. The van der Waals surface area contributed by atoms with Crippen LogP contribution in [0.3, 0.4) is 0 Å². The first-order valence-corrected chi connectivity index (χ1v) is 6.82. The zero-order chi connectivity index (χ0) is 15.2. The van der Waals surface area contributed by atoms with Gasteiger partial charge >= 0.3 is 5.97 Å². The molecule has 0 amide bonds. The lowest BCUT2D eigenvalue weighted by Gasteiger charge is -2.08. The van der Waals surface area contributed by atoms with Gasteiger partial charge in [-0.25, -0.2) is 4.79 Å². The second-order valence-electron chi connectivity index (χ2n) is 4.62. The summed E-state index contributed by atoms with van der Waals surface area (Å²) in [5.41, 5.74) is 2.30. The number of aryl methyl sites for hydroxylation is 2. The molecule has 1 aromatic heterocycles. The third-order valence-corrected chi connectivity index (χ3v) is 3.03. The Labute approximate surface area is 123 Å². The van der Waals surface area contributed by atoms with Crippen LogP contribution in [0.2, 0.25) is 0 Å². The molecule has 0 aliphatic rings. The summed E-state index contributed by atoms with van der Waals surface area (Å²) in [7, 11) is 1.89. The number of hydrogen-bond donors (Lipinski definition) is 2. The van der Waals surface area contributed by atoms with Gasteiger partial charge in [0.2, 0.25) is 0 Å². The van der Waals surface area contributed by atoms with Crippen molar-refractivity contribution in [1.82, 2.24) is 9.78 Å². The second kappa shape index (κ2) is 6.78. The van der Waals surface area contributed by atoms with Gasteiger partial charge in [-0.05, 0) is 30.7 Å². The van der Waals surface area contributed by atoms with Crippen LogP contribution in [0.1, 0.15) is 23.0 Å². The second-order valence-corrected chi connectivity index (χ2v) is 4.62. The maximum absolute atomic E-state index is 10.7. The molecule has 2 N–H and O–H groups in total. The highest BCUT2D eigenvalue weighted by atomic mass is 16.5. The maximum Gasteiger partial charge on any atom is 0.335 e. The quantitative estimate of drug-likeness (QED) is 0.764. The molecule has 2 rings (SSSR count). The molecular weight excluding hydrogens is 270 g/mol. The van der Waals surface area contributed by atoms with Crippen molar-refractivity contribution < 1.29 is 14.6 Å². The number of rotatable bonds is 7. The van der Waals surface area contributed by atoms with E-state index in [-0.39, 0.29) is 5.56 Å². The van der Waals surface area contributed by atoms with Gasteiger partial charge in [0.1, 0.15) is 12.4 Å². The first kappa shape index (κ1) is 14.9. The summed E-state index contributed by atoms with van der Waals surface area (Å²) in [5, 5.41) is 16.4. The molecule has 112 valence electrons. The van der Waals surface area contributed by atoms with Crippen molar-refractivity contribution >= 4 is 11.7 Å². The average Bonchev–Trinajstić information content (AvgIpc) is 2.84. The monoisotopic (exact) mass is 289 g/mol. The van der Waals surface area contributed by atoms with Crippen molar-refractivity contribution in [3.63, 3.8) is 0 Å². The third kappa shape index (κ3) is 3.98. The number of aromatic carboxylic acids is 1. The minimum atomic E-state index is -0.938. The SMILES string of the molecule is CCc1nn(C)cc1NCCOc1ccc(C(=O)O)cc1. The lowest BCUT2D eigenvalue weighted by atomic mass is 10.2. The number of nitrogens with zero attached hydrogens (tertiary/aromatic N) is 2. The molecule has 0 atom stereocenters. The number of carboxylic acids is 1. The van der Waals surface area contributed by atoms with E-state index in [0.29, 0.717) is 18.9 Å². The highest BCUT2D eigenvalue weighted by Gasteiger charge is 2.05. The van der Waals surface area contributed by atoms with Gasteiger partial charge in [0.05, 0.1) is 16.9 Å². The van der Waals surface area contributed by atoms with Crippen molar-refractivity contribution in [3.05, 3.63) is 41.7 Å². The number of nitrogens with one attached hydrogen (secondary N) is 1. The Hall–Kier alpha value is -2.50. The molecule has 0 radical (unpaired) electrons. The Balaban J connectivity index is 1.80. The predicted octanol–water partition coefficient (Wildman–Crippen LogP) is 2.17. The first-order valence-electron chi connectivity index (χ1n) is 6.82. The van der Waals surface area contributed by atoms with E-state index in [1.54, 1.807) is 16.8 Å². The van der Waals surface area contributed by atoms with E-state index in [1.165, 1.54) is 12.1 Å². The average molecular weight is 289 g/mol. The minimum Gasteiger partial charge on any atom is -0.492 e. The van der Waals surface area contributed by atoms with Gasteiger partial charge in [-0.1, -0.05) is 6.92 Å². The zero-order valence-corrected chi connectivity index (χ0v) is 12.2. The minimum absolute atomic E-state index is 0.253. The molecule has 6 heteroatoms. The summed E-state index contributed by atoms with van der Waals surface area (Å²) in [4.78, 5) is 10.7. The van der Waals surface area contributed by atoms with E-state index in [9.17, 15) is 4.79 Å². The highest BCUT2D eigenvalue weighted by Crippen LogP contribution is 2.14. The van der Waals surface area contributed by atoms with Crippen LogP contribution in [-0.2, 0) is 13.5 Å². The number of anilines is 1. The molecule has 6 nitrogen and oxygen atoms in total. The molecular formula is C15H19N3O3. The van der Waals surface area contributed by atoms with E-state index in [4.69, 9.17) is 9.84 Å². The fourth-order valence-electron chi connectivity index (χ4n) is 1.99. The van der Waals surface area contributed by atoms with Crippen LogP contribution >= 0.6 is 0 Å². The maximum atomic E-state index is 10.7. The summed E-state index contributed by atoms with van der Waals surface area (Å²) >= 11 is 0. The number of benzene rings is 1. The fraction of sp³-hybridized carbons (Fsp3) is 0.333. The zero-order valence-electron chi connectivity index (χ0n) is 12.2. The highest BCUT2D eigenvalue weighted by molar-refractivity contribution is 5.87. The third-order valence-electron chi connectivity index (χ3n) is 3.03. The van der Waals surface area contributed by atoms with Crippen LogP contribution in [0.15, 0.2) is 30.5 Å². The van der Waals surface area contributed by atoms with Gasteiger partial charge in [0, 0.05) is 19.8 Å². The standard InChI is InChI=1S/C15H19N3O3/c1-3-13-14(10-18(2)17-13)16-8-9-21-12-6-4-11(5-7-12)15(19)20/h4-7,10,16H,3,8-9H2,1-2H3,(H,19,20). The Bertz CT molecular complexity index is 605. The number of ether oxygens (including phenoxy) is 1. The van der Waals surface area contributed by atoms with E-state index in [2.05, 4.69) is 17.3 Å². The van der Waals surface area contributed by atoms with Crippen LogP contribution in [-0.4, -0.2) is 34.0 Å². The fourth-order valence-corrected chi connectivity index (χ4v) is 1.99. The van der Waals surface area contributed by atoms with Gasteiger partial charge in [-0.15, -0.1) is 0 Å². The van der Waals surface area contributed by atoms with Gasteiger partial charge in [0.25, 0.3) is 0 Å². The van der Waals surface area contributed by atoms with E-state index >= 15 is 0 Å². The molecule has 0 fully saturated rings. The molecule has 0 saturated heterocycles. The Kier molecular flexibility index (Phi) is 4.81. The van der Waals surface area contributed by atoms with Crippen molar-refractivity contribution in [2.45, 2.75) is 13.3 Å². The van der Waals surface area contributed by atoms with Crippen LogP contribution < -0.4 is 10.1 Å². The molecule has 1 heterocycles. The summed E-state index contributed by atoms with van der Waals surface area (Å²) in [6.07, 6.45) is 2.82. The van der Waals surface area contributed by atoms with Crippen LogP contribution in [0, 0.1) is 0 Å². The summed E-state index contributed by atoms with van der Waals surface area (Å²) < 4.78 is 7.34. The van der Waals surface area contributed by atoms with Crippen LogP contribution in [0.25, 0.3) is 0 Å². The van der Waals surface area contributed by atoms with Crippen LogP contribution in [0.5, 0.6) is 5.75 Å². The molecule has 0 saturated carbocycles. The lowest BCUT2D eigenvalue weighted by molar-refractivity contribution is 0.0697. The predicted molar refractivity (Wildman–Crippen MR) is 80.0 cm³/mol. The molecule has 0 aliphatic heterocycles. The van der Waals surface area contributed by atoms with E-state index in [0.717, 1.165) is 17.8 Å². The molecule has 0 aliphatic carbocycles. The lowest BCUT2D eigenvalue weighted by Crippen LogP contribution is -2.12. The molecule has 1 aromatic carbocycles. The van der Waals surface area contributed by atoms with Crippen molar-refractivity contribution in [3.8, 4) is 5.75 Å². The number of aromatic nitrogens is 2. The van der Waals surface area contributed by atoms with Gasteiger partial charge in [-0.3, -0.25) is 4.68 Å². The summed E-state index contributed by atoms with van der Waals surface area (Å²) in [5.74, 6) is -0.282. The smallest absolute Gasteiger partial charge is 0.335 e. The molecule has 21 heavy (non-hydrogen) atoms. The van der Waals surface area contributed by atoms with Gasteiger partial charge < -0.3 is 15.2 Å². The van der Waals surface area contributed by atoms with Crippen LogP contribution in [0.4, 0.5) is 5.69 Å². The molecule has 2 aromatic rings. The molecule has 0 spiro atoms. The Morgan fingerprint density at radius 2 is 2.10 bits per heavy atom. The Morgan fingerprint density at radius 1 is 1.38 bits per heavy atom. The van der Waals surface area contributed by atoms with Crippen molar-refractivity contribution in [1.29, 1.82) is 0 Å². The molecule has 0 unspecified atom stereocenters. The first-order chi connectivity index (χ1) is 10.1. The van der Waals surface area contributed by atoms with E-state index < -0.39 is 5.97 Å². The van der Waals surface area contributed by atoms with Gasteiger partial charge in [-0.2, -0.15) is 5.10 Å². The summed E-state index contributed by atoms with van der Waals surface area (Å²) in [6, 6.07) is 6.37. The number of hydrogen-bond acceptors (Lipinski definition) is 4. The van der Waals surface area contributed by atoms with E-state index in [1.807, 2.05) is 13.2 Å². The largest absolute Gasteiger partial charge is 0.492 e. The normalized spacial score (nSPS) is 10.4. The molecule has 0 bridgehead atoms. The van der Waals surface area contributed by atoms with Crippen molar-refractivity contribution in [2.75, 3.05) is 18.5 Å². The van der Waals surface area contributed by atoms with Crippen molar-refractivity contribution in [2.24, 2.45) is 7.05 Å². The number of carbonyl (C=O) groups is 1. The number of carboxylic acid groups (broad SMARTS) is 1. The Morgan fingerprint density at radius 3 is 2.71 bits per heavy atom. The topological polar surface area (TPSA) is 76.4 Å². The van der Waals surface area contributed by atoms with Gasteiger partial charge in [0.15, 0.2) is 0 Å².